The number of halogens is 1. The second-order valence-electron chi connectivity index (χ2n) is 2.50. The van der Waals surface area contributed by atoms with Gasteiger partial charge in [0.15, 0.2) is 0 Å². The molecule has 4 nitrogen and oxygen atoms in total. The second-order valence-corrected chi connectivity index (χ2v) is 2.94. The molecular weight excluding hydrogens is 229 g/mol. The van der Waals surface area contributed by atoms with Crippen molar-refractivity contribution in [2.24, 2.45) is 5.73 Å². The number of para-hydroxylation sites is 1. The van der Waals surface area contributed by atoms with Crippen LogP contribution < -0.4 is 40.0 Å². The molecule has 0 heterocycles. The second kappa shape index (κ2) is 6.85. The summed E-state index contributed by atoms with van der Waals surface area (Å²) in [6.45, 7) is 0. The minimum atomic E-state index is -1.45. The Labute approximate surface area is 116 Å². The Morgan fingerprint density at radius 1 is 1.33 bits per heavy atom. The van der Waals surface area contributed by atoms with E-state index in [1.54, 1.807) is 30.3 Å². The molecule has 1 amide bonds. The number of carbonyl (C=O) groups is 2. The van der Waals surface area contributed by atoms with Gasteiger partial charge < -0.3 is 11.9 Å². The van der Waals surface area contributed by atoms with Crippen LogP contribution >= 0.6 is 11.6 Å². The van der Waals surface area contributed by atoms with Gasteiger partial charge in [-0.3, -0.25) is 4.79 Å². The molecule has 0 bridgehead atoms. The summed E-state index contributed by atoms with van der Waals surface area (Å²) in [5.41, 5.74) is 4.82. The summed E-state index contributed by atoms with van der Waals surface area (Å²) in [5, 5.41) is -1.45. The zero-order valence-corrected chi connectivity index (χ0v) is 10.9. The summed E-state index contributed by atoms with van der Waals surface area (Å²) >= 11 is 5.37. The third kappa shape index (κ3) is 4.66. The maximum atomic E-state index is 11.1. The third-order valence-electron chi connectivity index (χ3n) is 1.42. The number of rotatable bonds is 3. The van der Waals surface area contributed by atoms with Gasteiger partial charge in [0.1, 0.15) is 5.75 Å². The minimum Gasteiger partial charge on any atom is -1.00 e. The van der Waals surface area contributed by atoms with Gasteiger partial charge in [-0.15, -0.1) is 0 Å². The Kier molecular flexibility index (Phi) is 6.60. The van der Waals surface area contributed by atoms with Gasteiger partial charge in [0.2, 0.25) is 11.3 Å². The third-order valence-corrected chi connectivity index (χ3v) is 1.81. The number of nitrogens with two attached hydrogens (primary N) is 1. The average molecular weight is 238 g/mol. The van der Waals surface area contributed by atoms with E-state index in [9.17, 15) is 9.59 Å². The molecule has 0 radical (unpaired) electrons. The van der Waals surface area contributed by atoms with E-state index in [-0.39, 0.29) is 31.0 Å². The zero-order valence-electron chi connectivity index (χ0n) is 9.14. The summed E-state index contributed by atoms with van der Waals surface area (Å²) in [6, 6.07) is 8.29. The molecule has 1 aromatic carbocycles. The molecule has 0 aromatic heterocycles. The molecule has 0 aliphatic carbocycles. The molecule has 0 saturated carbocycles. The van der Waals surface area contributed by atoms with Crippen molar-refractivity contribution in [3.63, 3.8) is 0 Å². The van der Waals surface area contributed by atoms with Crippen LogP contribution in [0.2, 0.25) is 0 Å². The van der Waals surface area contributed by atoms with Gasteiger partial charge in [0.05, 0.1) is 0 Å². The Morgan fingerprint density at radius 2 is 1.87 bits per heavy atom. The molecular formula is C9H9ClNNaO3. The molecule has 0 aliphatic heterocycles. The molecule has 76 valence electrons. The Balaban J connectivity index is 0. The molecule has 0 fully saturated rings. The fourth-order valence-electron chi connectivity index (χ4n) is 0.773. The van der Waals surface area contributed by atoms with Gasteiger partial charge in [-0.05, 0) is 12.1 Å². The van der Waals surface area contributed by atoms with Crippen molar-refractivity contribution in [3.8, 4) is 5.75 Å². The van der Waals surface area contributed by atoms with Crippen molar-refractivity contribution in [2.75, 3.05) is 0 Å². The van der Waals surface area contributed by atoms with E-state index in [0.717, 1.165) is 0 Å². The fraction of sp³-hybridized carbons (Fsp3) is 0.111. The van der Waals surface area contributed by atoms with E-state index in [1.807, 2.05) is 0 Å². The van der Waals surface area contributed by atoms with Crippen LogP contribution in [0.15, 0.2) is 30.3 Å². The summed E-state index contributed by atoms with van der Waals surface area (Å²) in [4.78, 5) is 21.6. The molecule has 1 atom stereocenters. The van der Waals surface area contributed by atoms with E-state index < -0.39 is 17.3 Å². The maximum Gasteiger partial charge on any atom is 1.00 e. The first-order valence-electron chi connectivity index (χ1n) is 3.81. The van der Waals surface area contributed by atoms with Crippen LogP contribution in [0.1, 0.15) is 1.43 Å². The van der Waals surface area contributed by atoms with Crippen LogP contribution in [-0.4, -0.2) is 17.3 Å². The zero-order chi connectivity index (χ0) is 10.6. The number of ether oxygens (including phenoxy) is 1. The van der Waals surface area contributed by atoms with Crippen LogP contribution in [0.3, 0.4) is 0 Å². The normalized spacial score (nSPS) is 11.0. The van der Waals surface area contributed by atoms with Crippen LogP contribution in [-0.2, 0) is 9.59 Å². The summed E-state index contributed by atoms with van der Waals surface area (Å²) in [6.07, 6.45) is 0. The minimum absolute atomic E-state index is 0. The van der Waals surface area contributed by atoms with E-state index in [0.29, 0.717) is 5.75 Å². The van der Waals surface area contributed by atoms with Gasteiger partial charge in [-0.25, -0.2) is 4.79 Å². The van der Waals surface area contributed by atoms with Gasteiger partial charge >= 0.3 is 35.5 Å². The number of carbonyl (C=O) groups excluding carboxylic acids is 2. The molecule has 0 saturated heterocycles. The standard InChI is InChI=1S/C9H8ClNO3.Na.H/c10-7(8(11)12)9(13)14-6-4-2-1-3-5-6;;/h1-5,7H,(H2,11,12);;/q;+1;-1. The molecule has 1 unspecified atom stereocenters. The van der Waals surface area contributed by atoms with Crippen LogP contribution in [0, 0.1) is 0 Å². The predicted molar refractivity (Wildman–Crippen MR) is 52.0 cm³/mol. The smallest absolute Gasteiger partial charge is 1.00 e. The summed E-state index contributed by atoms with van der Waals surface area (Å²) in [7, 11) is 0. The molecule has 1 aromatic rings. The van der Waals surface area contributed by atoms with Crippen molar-refractivity contribution >= 4 is 23.5 Å². The van der Waals surface area contributed by atoms with Gasteiger partial charge in [-0.2, -0.15) is 0 Å². The van der Waals surface area contributed by atoms with E-state index in [4.69, 9.17) is 22.1 Å². The van der Waals surface area contributed by atoms with Crippen molar-refractivity contribution < 1.29 is 45.3 Å². The maximum absolute atomic E-state index is 11.1. The Hall–Kier alpha value is -0.550. The van der Waals surface area contributed by atoms with Crippen molar-refractivity contribution in [1.29, 1.82) is 0 Å². The van der Waals surface area contributed by atoms with Crippen LogP contribution in [0.4, 0.5) is 0 Å². The van der Waals surface area contributed by atoms with E-state index in [2.05, 4.69) is 0 Å². The number of alkyl halides is 1. The molecule has 6 heteroatoms. The van der Waals surface area contributed by atoms with Gasteiger partial charge in [-0.1, -0.05) is 29.8 Å². The number of amides is 1. The van der Waals surface area contributed by atoms with E-state index >= 15 is 0 Å². The molecule has 1 rings (SSSR count). The van der Waals surface area contributed by atoms with Crippen molar-refractivity contribution in [2.45, 2.75) is 5.38 Å². The average Bonchev–Trinajstić information content (AvgIpc) is 2.18. The Bertz CT molecular complexity index is 350. The Morgan fingerprint density at radius 3 is 2.33 bits per heavy atom. The SMILES string of the molecule is NC(=O)C(Cl)C(=O)Oc1ccccc1.[H-].[Na+]. The number of hydrogen-bond donors (Lipinski definition) is 1. The first-order valence-corrected chi connectivity index (χ1v) is 4.25. The monoisotopic (exact) mass is 237 g/mol. The molecule has 2 N–H and O–H groups in total. The summed E-state index contributed by atoms with van der Waals surface area (Å²) < 4.78 is 4.77. The molecule has 0 aliphatic rings. The van der Waals surface area contributed by atoms with Crippen LogP contribution in [0.5, 0.6) is 5.75 Å². The van der Waals surface area contributed by atoms with Gasteiger partial charge in [0.25, 0.3) is 0 Å². The van der Waals surface area contributed by atoms with Crippen molar-refractivity contribution in [3.05, 3.63) is 30.3 Å². The van der Waals surface area contributed by atoms with E-state index in [1.165, 1.54) is 0 Å². The molecule has 15 heavy (non-hydrogen) atoms. The van der Waals surface area contributed by atoms with Crippen molar-refractivity contribution in [1.82, 2.24) is 0 Å². The number of esters is 1. The predicted octanol–water partition coefficient (Wildman–Crippen LogP) is -2.20. The number of hydrogen-bond acceptors (Lipinski definition) is 3. The largest absolute Gasteiger partial charge is 1.00 e. The number of primary amides is 1. The quantitative estimate of drug-likeness (QED) is 0.213. The number of benzene rings is 1. The first-order chi connectivity index (χ1) is 6.61. The first kappa shape index (κ1) is 14.5. The summed E-state index contributed by atoms with van der Waals surface area (Å²) in [5.74, 6) is -1.47. The molecule has 0 spiro atoms. The van der Waals surface area contributed by atoms with Crippen LogP contribution in [0.25, 0.3) is 0 Å². The van der Waals surface area contributed by atoms with Gasteiger partial charge in [0, 0.05) is 0 Å². The fourth-order valence-corrected chi connectivity index (χ4v) is 0.817. The topological polar surface area (TPSA) is 69.4 Å².